The molecule has 4 heteroatoms. The molecule has 0 unspecified atom stereocenters. The molecule has 3 nitrogen and oxygen atoms in total. The third-order valence-corrected chi connectivity index (χ3v) is 2.74. The molecule has 2 aromatic rings. The first-order valence-corrected chi connectivity index (χ1v) is 4.77. The summed E-state index contributed by atoms with van der Waals surface area (Å²) >= 11 is 1.61. The SMILES string of the molecule is NCc1ncc(-c2cccnc2)s1. The molecule has 0 saturated heterocycles. The fourth-order valence-corrected chi connectivity index (χ4v) is 1.83. The van der Waals surface area contributed by atoms with Gasteiger partial charge in [0, 0.05) is 30.7 Å². The summed E-state index contributed by atoms with van der Waals surface area (Å²) < 4.78 is 0. The fourth-order valence-electron chi connectivity index (χ4n) is 1.05. The number of nitrogens with zero attached hydrogens (tertiary/aromatic N) is 2. The van der Waals surface area contributed by atoms with Crippen LogP contribution in [0.5, 0.6) is 0 Å². The zero-order chi connectivity index (χ0) is 9.10. The van der Waals surface area contributed by atoms with Crippen molar-refractivity contribution in [3.63, 3.8) is 0 Å². The zero-order valence-electron chi connectivity index (χ0n) is 6.97. The van der Waals surface area contributed by atoms with Crippen molar-refractivity contribution in [1.29, 1.82) is 0 Å². The zero-order valence-corrected chi connectivity index (χ0v) is 7.79. The Kier molecular flexibility index (Phi) is 2.33. The largest absolute Gasteiger partial charge is 0.325 e. The molecule has 2 aromatic heterocycles. The van der Waals surface area contributed by atoms with E-state index in [1.165, 1.54) is 0 Å². The second-order valence-electron chi connectivity index (χ2n) is 2.56. The minimum absolute atomic E-state index is 0.505. The van der Waals surface area contributed by atoms with Crippen LogP contribution in [0.3, 0.4) is 0 Å². The Labute approximate surface area is 80.3 Å². The van der Waals surface area contributed by atoms with E-state index in [-0.39, 0.29) is 0 Å². The van der Waals surface area contributed by atoms with Crippen LogP contribution in [0.4, 0.5) is 0 Å². The Balaban J connectivity index is 2.36. The summed E-state index contributed by atoms with van der Waals surface area (Å²) in [4.78, 5) is 9.34. The Hall–Kier alpha value is -1.26. The Morgan fingerprint density at radius 3 is 2.92 bits per heavy atom. The van der Waals surface area contributed by atoms with Gasteiger partial charge < -0.3 is 5.73 Å². The lowest BCUT2D eigenvalue weighted by atomic mass is 10.3. The molecule has 2 N–H and O–H groups in total. The first kappa shape index (κ1) is 8.34. The van der Waals surface area contributed by atoms with E-state index in [9.17, 15) is 0 Å². The maximum Gasteiger partial charge on any atom is 0.107 e. The number of thiazole rings is 1. The Morgan fingerprint density at radius 1 is 1.38 bits per heavy atom. The summed E-state index contributed by atoms with van der Waals surface area (Å²) in [6.07, 6.45) is 5.42. The van der Waals surface area contributed by atoms with Crippen LogP contribution in [0.25, 0.3) is 10.4 Å². The first-order chi connectivity index (χ1) is 6.40. The molecular weight excluding hydrogens is 182 g/mol. The van der Waals surface area contributed by atoms with E-state index < -0.39 is 0 Å². The monoisotopic (exact) mass is 191 g/mol. The lowest BCUT2D eigenvalue weighted by Crippen LogP contribution is -1.93. The maximum atomic E-state index is 5.47. The van der Waals surface area contributed by atoms with E-state index in [0.29, 0.717) is 6.54 Å². The summed E-state index contributed by atoms with van der Waals surface area (Å²) in [5.41, 5.74) is 6.57. The molecule has 0 saturated carbocycles. The van der Waals surface area contributed by atoms with Crippen LogP contribution in [0.15, 0.2) is 30.7 Å². The topological polar surface area (TPSA) is 51.8 Å². The highest BCUT2D eigenvalue weighted by Gasteiger charge is 2.01. The van der Waals surface area contributed by atoms with Crippen LogP contribution >= 0.6 is 11.3 Å². The molecule has 13 heavy (non-hydrogen) atoms. The second-order valence-corrected chi connectivity index (χ2v) is 3.68. The smallest absolute Gasteiger partial charge is 0.107 e. The molecule has 0 fully saturated rings. The van der Waals surface area contributed by atoms with E-state index in [2.05, 4.69) is 9.97 Å². The highest BCUT2D eigenvalue weighted by Crippen LogP contribution is 2.24. The van der Waals surface area contributed by atoms with E-state index in [0.717, 1.165) is 15.4 Å². The third-order valence-electron chi connectivity index (χ3n) is 1.67. The van der Waals surface area contributed by atoms with Gasteiger partial charge >= 0.3 is 0 Å². The molecule has 66 valence electrons. The molecule has 0 spiro atoms. The molecule has 2 rings (SSSR count). The molecule has 0 aromatic carbocycles. The van der Waals surface area contributed by atoms with Crippen molar-refractivity contribution in [2.45, 2.75) is 6.54 Å². The van der Waals surface area contributed by atoms with E-state index in [4.69, 9.17) is 5.73 Å². The van der Waals surface area contributed by atoms with Gasteiger partial charge in [-0.2, -0.15) is 0 Å². The van der Waals surface area contributed by atoms with Crippen LogP contribution in [0.2, 0.25) is 0 Å². The van der Waals surface area contributed by atoms with Crippen LogP contribution in [0, 0.1) is 0 Å². The summed E-state index contributed by atoms with van der Waals surface area (Å²) in [7, 11) is 0. The molecule has 0 aliphatic rings. The summed E-state index contributed by atoms with van der Waals surface area (Å²) in [5, 5.41) is 0.957. The molecule has 2 heterocycles. The standard InChI is InChI=1S/C9H9N3S/c10-4-9-12-6-8(13-9)7-2-1-3-11-5-7/h1-3,5-6H,4,10H2. The van der Waals surface area contributed by atoms with Crippen molar-refractivity contribution >= 4 is 11.3 Å². The van der Waals surface area contributed by atoms with Crippen molar-refractivity contribution in [1.82, 2.24) is 9.97 Å². The van der Waals surface area contributed by atoms with Crippen molar-refractivity contribution in [3.05, 3.63) is 35.7 Å². The Bertz CT molecular complexity index is 383. The van der Waals surface area contributed by atoms with Crippen molar-refractivity contribution in [2.75, 3.05) is 0 Å². The van der Waals surface area contributed by atoms with Gasteiger partial charge in [-0.25, -0.2) is 4.98 Å². The van der Waals surface area contributed by atoms with Crippen molar-refractivity contribution in [2.24, 2.45) is 5.73 Å². The number of hydrogen-bond donors (Lipinski definition) is 1. The van der Waals surface area contributed by atoms with Gasteiger partial charge in [0.05, 0.1) is 4.88 Å². The maximum absolute atomic E-state index is 5.47. The average molecular weight is 191 g/mol. The van der Waals surface area contributed by atoms with E-state index >= 15 is 0 Å². The lowest BCUT2D eigenvalue weighted by Gasteiger charge is -1.92. The molecule has 0 radical (unpaired) electrons. The lowest BCUT2D eigenvalue weighted by molar-refractivity contribution is 1.04. The molecule has 0 atom stereocenters. The van der Waals surface area contributed by atoms with Gasteiger partial charge in [-0.1, -0.05) is 6.07 Å². The molecular formula is C9H9N3S. The van der Waals surface area contributed by atoms with Crippen LogP contribution in [0.1, 0.15) is 5.01 Å². The summed E-state index contributed by atoms with van der Waals surface area (Å²) in [6, 6.07) is 3.93. The number of hydrogen-bond acceptors (Lipinski definition) is 4. The predicted octanol–water partition coefficient (Wildman–Crippen LogP) is 1.66. The van der Waals surface area contributed by atoms with E-state index in [1.54, 1.807) is 17.5 Å². The highest BCUT2D eigenvalue weighted by molar-refractivity contribution is 7.15. The minimum Gasteiger partial charge on any atom is -0.325 e. The first-order valence-electron chi connectivity index (χ1n) is 3.95. The van der Waals surface area contributed by atoms with Crippen molar-refractivity contribution in [3.8, 4) is 10.4 Å². The summed E-state index contributed by atoms with van der Waals surface area (Å²) in [5.74, 6) is 0. The molecule has 0 aliphatic heterocycles. The third kappa shape index (κ3) is 1.74. The van der Waals surface area contributed by atoms with Crippen LogP contribution < -0.4 is 5.73 Å². The number of pyridine rings is 1. The fraction of sp³-hybridized carbons (Fsp3) is 0.111. The van der Waals surface area contributed by atoms with Crippen molar-refractivity contribution < 1.29 is 0 Å². The normalized spacial score (nSPS) is 10.2. The highest BCUT2D eigenvalue weighted by atomic mass is 32.1. The Morgan fingerprint density at radius 2 is 2.31 bits per heavy atom. The molecule has 0 amide bonds. The molecule has 0 bridgehead atoms. The van der Waals surface area contributed by atoms with Gasteiger partial charge in [0.1, 0.15) is 5.01 Å². The minimum atomic E-state index is 0.505. The number of nitrogens with two attached hydrogens (primary N) is 1. The van der Waals surface area contributed by atoms with Gasteiger partial charge in [0.15, 0.2) is 0 Å². The van der Waals surface area contributed by atoms with E-state index in [1.807, 2.05) is 24.5 Å². The number of rotatable bonds is 2. The van der Waals surface area contributed by atoms with Gasteiger partial charge in [0.25, 0.3) is 0 Å². The predicted molar refractivity (Wildman–Crippen MR) is 53.2 cm³/mol. The summed E-state index contributed by atoms with van der Waals surface area (Å²) in [6.45, 7) is 0.505. The number of aromatic nitrogens is 2. The van der Waals surface area contributed by atoms with Gasteiger partial charge in [0.2, 0.25) is 0 Å². The average Bonchev–Trinajstić information content (AvgIpc) is 2.67. The van der Waals surface area contributed by atoms with Crippen LogP contribution in [-0.4, -0.2) is 9.97 Å². The molecule has 0 aliphatic carbocycles. The van der Waals surface area contributed by atoms with Gasteiger partial charge in [-0.3, -0.25) is 4.98 Å². The second kappa shape index (κ2) is 3.64. The van der Waals surface area contributed by atoms with Gasteiger partial charge in [-0.05, 0) is 6.07 Å². The van der Waals surface area contributed by atoms with Gasteiger partial charge in [-0.15, -0.1) is 11.3 Å². The quantitative estimate of drug-likeness (QED) is 0.785. The van der Waals surface area contributed by atoms with Crippen LogP contribution in [-0.2, 0) is 6.54 Å².